The maximum Gasteiger partial charge on any atom is 0.490 e. The van der Waals surface area contributed by atoms with E-state index in [1.807, 2.05) is 0 Å². The number of rotatable bonds is 0. The van der Waals surface area contributed by atoms with Gasteiger partial charge in [0.2, 0.25) is 0 Å². The highest BCUT2D eigenvalue weighted by Crippen LogP contribution is 2.24. The van der Waals surface area contributed by atoms with Crippen molar-refractivity contribution in [2.45, 2.75) is 50.4 Å². The molecule has 0 saturated heterocycles. The molecule has 96 valence electrons. The van der Waals surface area contributed by atoms with Gasteiger partial charge in [0.25, 0.3) is 0 Å². The lowest BCUT2D eigenvalue weighted by molar-refractivity contribution is -0.192. The maximum absolute atomic E-state index is 10.6. The van der Waals surface area contributed by atoms with Crippen LogP contribution in [0.4, 0.5) is 13.2 Å². The molecule has 0 radical (unpaired) electrons. The Morgan fingerprint density at radius 3 is 1.88 bits per heavy atom. The molecule has 0 aromatic heterocycles. The van der Waals surface area contributed by atoms with Gasteiger partial charge in [-0.3, -0.25) is 0 Å². The molecular weight excluding hydrogens is 225 g/mol. The van der Waals surface area contributed by atoms with Gasteiger partial charge in [-0.1, -0.05) is 0 Å². The number of alkyl halides is 3. The molecule has 0 heterocycles. The zero-order chi connectivity index (χ0) is 13.0. The molecule has 0 atom stereocenters. The van der Waals surface area contributed by atoms with E-state index in [9.17, 15) is 13.2 Å². The molecule has 7 heteroatoms. The molecule has 4 nitrogen and oxygen atoms in total. The van der Waals surface area contributed by atoms with Crippen molar-refractivity contribution in [2.24, 2.45) is 11.5 Å². The summed E-state index contributed by atoms with van der Waals surface area (Å²) in [6.07, 6.45) is -0.692. The smallest absolute Gasteiger partial charge is 0.475 e. The van der Waals surface area contributed by atoms with Gasteiger partial charge in [0.1, 0.15) is 0 Å². The first-order valence-electron chi connectivity index (χ1n) is 4.89. The Morgan fingerprint density at radius 2 is 1.69 bits per heavy atom. The van der Waals surface area contributed by atoms with E-state index in [4.69, 9.17) is 21.4 Å². The number of hydrogen-bond acceptors (Lipinski definition) is 3. The second-order valence-corrected chi connectivity index (χ2v) is 4.29. The Labute approximate surface area is 91.8 Å². The third-order valence-corrected chi connectivity index (χ3v) is 2.41. The molecule has 1 saturated carbocycles. The summed E-state index contributed by atoms with van der Waals surface area (Å²) in [6, 6.07) is 0.418. The molecule has 1 fully saturated rings. The molecule has 1 rings (SSSR count). The fourth-order valence-corrected chi connectivity index (χ4v) is 1.30. The lowest BCUT2D eigenvalue weighted by atomic mass is 9.82. The molecular formula is C9H17F3N2O2. The van der Waals surface area contributed by atoms with Gasteiger partial charge >= 0.3 is 12.1 Å². The molecule has 5 N–H and O–H groups in total. The number of hydrogen-bond donors (Lipinski definition) is 3. The van der Waals surface area contributed by atoms with Gasteiger partial charge in [-0.2, -0.15) is 13.2 Å². The SMILES string of the molecule is CC1(N)CCC(N)CC1.O=C(O)C(F)(F)F. The van der Waals surface area contributed by atoms with Crippen LogP contribution in [-0.4, -0.2) is 28.8 Å². The summed E-state index contributed by atoms with van der Waals surface area (Å²) in [7, 11) is 0. The summed E-state index contributed by atoms with van der Waals surface area (Å²) in [5, 5.41) is 7.12. The van der Waals surface area contributed by atoms with Crippen molar-refractivity contribution in [3.05, 3.63) is 0 Å². The topological polar surface area (TPSA) is 89.3 Å². The maximum atomic E-state index is 10.6. The Hall–Kier alpha value is -0.820. The van der Waals surface area contributed by atoms with Crippen molar-refractivity contribution in [1.29, 1.82) is 0 Å². The molecule has 0 aromatic carbocycles. The lowest BCUT2D eigenvalue weighted by Crippen LogP contribution is -2.43. The quantitative estimate of drug-likeness (QED) is 0.596. The van der Waals surface area contributed by atoms with E-state index in [2.05, 4.69) is 6.92 Å². The molecule has 16 heavy (non-hydrogen) atoms. The van der Waals surface area contributed by atoms with Gasteiger partial charge in [0.15, 0.2) is 0 Å². The van der Waals surface area contributed by atoms with Crippen LogP contribution in [0.3, 0.4) is 0 Å². The van der Waals surface area contributed by atoms with Crippen LogP contribution in [0, 0.1) is 0 Å². The van der Waals surface area contributed by atoms with E-state index in [-0.39, 0.29) is 5.54 Å². The Kier molecular flexibility index (Phi) is 5.21. The Bertz CT molecular complexity index is 231. The first-order chi connectivity index (χ1) is 7.04. The highest BCUT2D eigenvalue weighted by Gasteiger charge is 2.38. The summed E-state index contributed by atoms with van der Waals surface area (Å²) in [6.45, 7) is 2.11. The van der Waals surface area contributed by atoms with Crippen LogP contribution in [0.2, 0.25) is 0 Å². The molecule has 0 unspecified atom stereocenters. The monoisotopic (exact) mass is 242 g/mol. The second-order valence-electron chi connectivity index (χ2n) is 4.29. The van der Waals surface area contributed by atoms with Crippen molar-refractivity contribution in [3.8, 4) is 0 Å². The molecule has 0 amide bonds. The molecule has 0 aliphatic heterocycles. The van der Waals surface area contributed by atoms with Crippen LogP contribution in [0.15, 0.2) is 0 Å². The van der Waals surface area contributed by atoms with E-state index >= 15 is 0 Å². The first kappa shape index (κ1) is 15.2. The fraction of sp³-hybridized carbons (Fsp3) is 0.889. The van der Waals surface area contributed by atoms with Crippen LogP contribution >= 0.6 is 0 Å². The summed E-state index contributed by atoms with van der Waals surface area (Å²) in [5.74, 6) is -2.76. The predicted octanol–water partition coefficient (Wildman–Crippen LogP) is 1.24. The third kappa shape index (κ3) is 6.62. The van der Waals surface area contributed by atoms with Gasteiger partial charge in [-0.15, -0.1) is 0 Å². The Morgan fingerprint density at radius 1 is 1.38 bits per heavy atom. The van der Waals surface area contributed by atoms with Crippen LogP contribution in [0.5, 0.6) is 0 Å². The lowest BCUT2D eigenvalue weighted by Gasteiger charge is -2.32. The van der Waals surface area contributed by atoms with Gasteiger partial charge in [0.05, 0.1) is 0 Å². The van der Waals surface area contributed by atoms with Gasteiger partial charge in [0, 0.05) is 11.6 Å². The molecule has 0 spiro atoms. The van der Waals surface area contributed by atoms with Crippen molar-refractivity contribution in [2.75, 3.05) is 0 Å². The van der Waals surface area contributed by atoms with Crippen LogP contribution in [0.25, 0.3) is 0 Å². The highest BCUT2D eigenvalue weighted by atomic mass is 19.4. The normalized spacial score (nSPS) is 30.2. The van der Waals surface area contributed by atoms with Crippen LogP contribution in [-0.2, 0) is 4.79 Å². The highest BCUT2D eigenvalue weighted by molar-refractivity contribution is 5.73. The zero-order valence-corrected chi connectivity index (χ0v) is 9.05. The number of carbonyl (C=O) groups is 1. The van der Waals surface area contributed by atoms with E-state index < -0.39 is 12.1 Å². The van der Waals surface area contributed by atoms with Crippen molar-refractivity contribution < 1.29 is 23.1 Å². The number of nitrogens with two attached hydrogens (primary N) is 2. The molecule has 1 aliphatic rings. The minimum absolute atomic E-state index is 0.0792. The van der Waals surface area contributed by atoms with Crippen molar-refractivity contribution in [1.82, 2.24) is 0 Å². The summed E-state index contributed by atoms with van der Waals surface area (Å²) < 4.78 is 31.7. The number of halogens is 3. The molecule has 1 aliphatic carbocycles. The van der Waals surface area contributed by atoms with E-state index in [1.165, 1.54) is 0 Å². The summed E-state index contributed by atoms with van der Waals surface area (Å²) in [5.41, 5.74) is 11.7. The standard InChI is InChI=1S/C7H16N2.C2HF3O2/c1-7(9)4-2-6(8)3-5-7;3-2(4,5)1(6)7/h6H,2-5,8-9H2,1H3;(H,6,7). The van der Waals surface area contributed by atoms with Gasteiger partial charge in [-0.05, 0) is 32.6 Å². The largest absolute Gasteiger partial charge is 0.490 e. The van der Waals surface area contributed by atoms with Gasteiger partial charge in [-0.25, -0.2) is 4.79 Å². The van der Waals surface area contributed by atoms with Crippen LogP contribution in [0.1, 0.15) is 32.6 Å². The van der Waals surface area contributed by atoms with Crippen molar-refractivity contribution in [3.63, 3.8) is 0 Å². The number of carboxylic acids is 1. The number of carboxylic acid groups (broad SMARTS) is 1. The zero-order valence-electron chi connectivity index (χ0n) is 9.05. The first-order valence-corrected chi connectivity index (χ1v) is 4.89. The average Bonchev–Trinajstić information content (AvgIpc) is 2.10. The van der Waals surface area contributed by atoms with Crippen LogP contribution < -0.4 is 11.5 Å². The summed E-state index contributed by atoms with van der Waals surface area (Å²) in [4.78, 5) is 8.90. The Balaban J connectivity index is 0.000000293. The summed E-state index contributed by atoms with van der Waals surface area (Å²) >= 11 is 0. The van der Waals surface area contributed by atoms with E-state index in [0.29, 0.717) is 6.04 Å². The second kappa shape index (κ2) is 5.49. The number of aliphatic carboxylic acids is 1. The molecule has 0 aromatic rings. The minimum Gasteiger partial charge on any atom is -0.475 e. The molecule has 0 bridgehead atoms. The minimum atomic E-state index is -5.08. The van der Waals surface area contributed by atoms with Crippen molar-refractivity contribution >= 4 is 5.97 Å². The van der Waals surface area contributed by atoms with E-state index in [0.717, 1.165) is 25.7 Å². The van der Waals surface area contributed by atoms with E-state index in [1.54, 1.807) is 0 Å². The predicted molar refractivity (Wildman–Crippen MR) is 52.7 cm³/mol. The average molecular weight is 242 g/mol. The van der Waals surface area contributed by atoms with Gasteiger partial charge < -0.3 is 16.6 Å². The third-order valence-electron chi connectivity index (χ3n) is 2.41. The fourth-order valence-electron chi connectivity index (χ4n) is 1.30.